The number of nitrogens with two attached hydrogens (primary N) is 1. The van der Waals surface area contributed by atoms with Gasteiger partial charge in [-0.3, -0.25) is 0 Å². The highest BCUT2D eigenvalue weighted by Gasteiger charge is 2.22. The summed E-state index contributed by atoms with van der Waals surface area (Å²) in [6.45, 7) is 2.91. The first-order chi connectivity index (χ1) is 7.81. The number of anilines is 1. The van der Waals surface area contributed by atoms with E-state index in [1.54, 1.807) is 0 Å². The average molecular weight is 224 g/mol. The second kappa shape index (κ2) is 5.27. The molecule has 2 N–H and O–H groups in total. The Morgan fingerprint density at radius 3 is 2.81 bits per heavy atom. The molecule has 0 spiro atoms. The van der Waals surface area contributed by atoms with Crippen LogP contribution >= 0.6 is 0 Å². The fraction of sp³-hybridized carbons (Fsp3) is 0.500. The zero-order chi connectivity index (χ0) is 11.4. The zero-order valence-electron chi connectivity index (χ0n) is 9.23. The number of rotatable bonds is 3. The molecule has 1 aliphatic heterocycles. The molecule has 0 radical (unpaired) electrons. The summed E-state index contributed by atoms with van der Waals surface area (Å²) in [5.74, 6) is -0.201. The molecule has 1 saturated heterocycles. The highest BCUT2D eigenvalue weighted by molar-refractivity contribution is 5.47. The van der Waals surface area contributed by atoms with E-state index in [4.69, 9.17) is 10.5 Å². The molecule has 0 bridgehead atoms. The number of hydrogen-bond donors (Lipinski definition) is 1. The topological polar surface area (TPSA) is 38.5 Å². The first kappa shape index (κ1) is 11.4. The van der Waals surface area contributed by atoms with Crippen LogP contribution < -0.4 is 10.6 Å². The van der Waals surface area contributed by atoms with Crippen LogP contribution in [-0.2, 0) is 4.74 Å². The van der Waals surface area contributed by atoms with Crippen molar-refractivity contribution < 1.29 is 9.13 Å². The number of nitrogens with zero attached hydrogens (tertiary/aromatic N) is 1. The van der Waals surface area contributed by atoms with Gasteiger partial charge in [-0.2, -0.15) is 0 Å². The highest BCUT2D eigenvalue weighted by Crippen LogP contribution is 2.21. The van der Waals surface area contributed by atoms with Gasteiger partial charge in [-0.15, -0.1) is 0 Å². The summed E-state index contributed by atoms with van der Waals surface area (Å²) in [6, 6.07) is 6.91. The van der Waals surface area contributed by atoms with Crippen molar-refractivity contribution in [3.05, 3.63) is 30.1 Å². The first-order valence-corrected chi connectivity index (χ1v) is 5.61. The van der Waals surface area contributed by atoms with E-state index < -0.39 is 0 Å². The van der Waals surface area contributed by atoms with Crippen LogP contribution in [0.4, 0.5) is 10.1 Å². The molecular formula is C12H17FN2O. The van der Waals surface area contributed by atoms with Crippen LogP contribution in [0.5, 0.6) is 0 Å². The SMILES string of the molecule is NCCC1COCCN1c1ccc(F)cc1. The van der Waals surface area contributed by atoms with E-state index in [1.165, 1.54) is 12.1 Å². The van der Waals surface area contributed by atoms with Gasteiger partial charge in [0.15, 0.2) is 0 Å². The maximum absolute atomic E-state index is 12.8. The van der Waals surface area contributed by atoms with Crippen molar-refractivity contribution in [2.45, 2.75) is 12.5 Å². The summed E-state index contributed by atoms with van der Waals surface area (Å²) in [5.41, 5.74) is 6.63. The number of benzene rings is 1. The maximum Gasteiger partial charge on any atom is 0.123 e. The minimum atomic E-state index is -0.201. The molecule has 1 aromatic carbocycles. The molecule has 88 valence electrons. The van der Waals surface area contributed by atoms with Gasteiger partial charge in [0, 0.05) is 12.2 Å². The number of halogens is 1. The summed E-state index contributed by atoms with van der Waals surface area (Å²) in [5, 5.41) is 0. The Morgan fingerprint density at radius 2 is 2.12 bits per heavy atom. The number of ether oxygens (including phenoxy) is 1. The predicted octanol–water partition coefficient (Wildman–Crippen LogP) is 1.38. The van der Waals surface area contributed by atoms with E-state index in [1.807, 2.05) is 12.1 Å². The van der Waals surface area contributed by atoms with Crippen LogP contribution in [0.15, 0.2) is 24.3 Å². The molecule has 1 unspecified atom stereocenters. The molecule has 0 amide bonds. The summed E-state index contributed by atoms with van der Waals surface area (Å²) in [4.78, 5) is 2.25. The fourth-order valence-electron chi connectivity index (χ4n) is 2.06. The van der Waals surface area contributed by atoms with Gasteiger partial charge < -0.3 is 15.4 Å². The molecule has 3 nitrogen and oxygen atoms in total. The second-order valence-electron chi connectivity index (χ2n) is 3.98. The van der Waals surface area contributed by atoms with Crippen LogP contribution in [0.3, 0.4) is 0 Å². The molecule has 16 heavy (non-hydrogen) atoms. The number of hydrogen-bond acceptors (Lipinski definition) is 3. The Labute approximate surface area is 95.0 Å². The van der Waals surface area contributed by atoms with Gasteiger partial charge in [0.05, 0.1) is 19.3 Å². The van der Waals surface area contributed by atoms with Gasteiger partial charge in [-0.1, -0.05) is 0 Å². The van der Waals surface area contributed by atoms with Crippen molar-refractivity contribution in [1.82, 2.24) is 0 Å². The molecule has 1 aromatic rings. The molecule has 2 rings (SSSR count). The van der Waals surface area contributed by atoms with Gasteiger partial charge in [0.1, 0.15) is 5.82 Å². The van der Waals surface area contributed by atoms with E-state index in [2.05, 4.69) is 4.90 Å². The lowest BCUT2D eigenvalue weighted by Gasteiger charge is -2.37. The molecule has 0 saturated carbocycles. The Balaban J connectivity index is 2.13. The Morgan fingerprint density at radius 1 is 1.38 bits per heavy atom. The van der Waals surface area contributed by atoms with Crippen LogP contribution in [0, 0.1) is 5.82 Å². The van der Waals surface area contributed by atoms with Crippen LogP contribution in [0.2, 0.25) is 0 Å². The molecular weight excluding hydrogens is 207 g/mol. The van der Waals surface area contributed by atoms with Crippen LogP contribution in [0.1, 0.15) is 6.42 Å². The minimum Gasteiger partial charge on any atom is -0.377 e. The van der Waals surface area contributed by atoms with E-state index in [9.17, 15) is 4.39 Å². The molecule has 0 aliphatic carbocycles. The van der Waals surface area contributed by atoms with E-state index in [0.29, 0.717) is 19.2 Å². The van der Waals surface area contributed by atoms with Gasteiger partial charge >= 0.3 is 0 Å². The van der Waals surface area contributed by atoms with Crippen LogP contribution in [-0.4, -0.2) is 32.3 Å². The van der Waals surface area contributed by atoms with Crippen molar-refractivity contribution in [2.75, 3.05) is 31.2 Å². The minimum absolute atomic E-state index is 0.201. The maximum atomic E-state index is 12.8. The highest BCUT2D eigenvalue weighted by atomic mass is 19.1. The monoisotopic (exact) mass is 224 g/mol. The lowest BCUT2D eigenvalue weighted by molar-refractivity contribution is 0.0922. The standard InChI is InChI=1S/C12H17FN2O/c13-10-1-3-11(4-2-10)15-7-8-16-9-12(15)5-6-14/h1-4,12H,5-9,14H2. The summed E-state index contributed by atoms with van der Waals surface area (Å²) in [6.07, 6.45) is 0.900. The van der Waals surface area contributed by atoms with Crippen molar-refractivity contribution in [3.8, 4) is 0 Å². The summed E-state index contributed by atoms with van der Waals surface area (Å²) < 4.78 is 18.3. The summed E-state index contributed by atoms with van der Waals surface area (Å²) in [7, 11) is 0. The van der Waals surface area contributed by atoms with Gasteiger partial charge in [-0.05, 0) is 37.2 Å². The van der Waals surface area contributed by atoms with Crippen molar-refractivity contribution >= 4 is 5.69 Å². The molecule has 0 aromatic heterocycles. The molecule has 1 aliphatic rings. The average Bonchev–Trinajstić information content (AvgIpc) is 2.32. The van der Waals surface area contributed by atoms with Crippen molar-refractivity contribution in [2.24, 2.45) is 5.73 Å². The smallest absolute Gasteiger partial charge is 0.123 e. The van der Waals surface area contributed by atoms with E-state index in [-0.39, 0.29) is 5.82 Å². The predicted molar refractivity (Wildman–Crippen MR) is 62.0 cm³/mol. The van der Waals surface area contributed by atoms with Crippen molar-refractivity contribution in [3.63, 3.8) is 0 Å². The third kappa shape index (κ3) is 2.51. The first-order valence-electron chi connectivity index (χ1n) is 5.61. The van der Waals surface area contributed by atoms with Gasteiger partial charge in [0.25, 0.3) is 0 Å². The third-order valence-electron chi connectivity index (χ3n) is 2.89. The largest absolute Gasteiger partial charge is 0.377 e. The summed E-state index contributed by atoms with van der Waals surface area (Å²) >= 11 is 0. The normalized spacial score (nSPS) is 21.1. The Bertz CT molecular complexity index is 326. The quantitative estimate of drug-likeness (QED) is 0.843. The lowest BCUT2D eigenvalue weighted by atomic mass is 10.1. The Kier molecular flexibility index (Phi) is 3.74. The zero-order valence-corrected chi connectivity index (χ0v) is 9.23. The molecule has 1 heterocycles. The molecule has 1 atom stereocenters. The van der Waals surface area contributed by atoms with Gasteiger partial charge in [0.2, 0.25) is 0 Å². The number of morpholine rings is 1. The Hall–Kier alpha value is -1.13. The van der Waals surface area contributed by atoms with E-state index in [0.717, 1.165) is 25.3 Å². The van der Waals surface area contributed by atoms with Crippen LogP contribution in [0.25, 0.3) is 0 Å². The fourth-order valence-corrected chi connectivity index (χ4v) is 2.06. The molecule has 4 heteroatoms. The molecule has 1 fully saturated rings. The van der Waals surface area contributed by atoms with Gasteiger partial charge in [-0.25, -0.2) is 4.39 Å². The van der Waals surface area contributed by atoms with Crippen molar-refractivity contribution in [1.29, 1.82) is 0 Å². The van der Waals surface area contributed by atoms with E-state index >= 15 is 0 Å². The lowest BCUT2D eigenvalue weighted by Crippen LogP contribution is -2.46. The second-order valence-corrected chi connectivity index (χ2v) is 3.98. The third-order valence-corrected chi connectivity index (χ3v) is 2.89.